The van der Waals surface area contributed by atoms with Crippen LogP contribution in [-0.4, -0.2) is 35.2 Å². The van der Waals surface area contributed by atoms with Gasteiger partial charge in [0, 0.05) is 17.8 Å². The van der Waals surface area contributed by atoms with Crippen LogP contribution in [0.25, 0.3) is 6.08 Å². The molecule has 1 saturated heterocycles. The van der Waals surface area contributed by atoms with Gasteiger partial charge in [0.2, 0.25) is 0 Å². The number of carbonyl (C=O) groups is 1. The van der Waals surface area contributed by atoms with E-state index in [9.17, 15) is 4.79 Å². The van der Waals surface area contributed by atoms with E-state index in [1.54, 1.807) is 12.0 Å². The van der Waals surface area contributed by atoms with Crippen molar-refractivity contribution in [1.82, 2.24) is 4.90 Å². The van der Waals surface area contributed by atoms with Crippen LogP contribution in [0.2, 0.25) is 0 Å². The summed E-state index contributed by atoms with van der Waals surface area (Å²) in [5.41, 5.74) is 5.71. The van der Waals surface area contributed by atoms with Gasteiger partial charge in [0.15, 0.2) is 5.17 Å². The predicted molar refractivity (Wildman–Crippen MR) is 164 cm³/mol. The van der Waals surface area contributed by atoms with Crippen molar-refractivity contribution in [3.8, 4) is 5.75 Å². The number of para-hydroxylation sites is 1. The number of thioether (sulfide) groups is 1. The lowest BCUT2D eigenvalue weighted by Gasteiger charge is -2.47. The van der Waals surface area contributed by atoms with Crippen molar-refractivity contribution in [3.63, 3.8) is 0 Å². The third kappa shape index (κ3) is 5.76. The molecule has 0 N–H and O–H groups in total. The first-order chi connectivity index (χ1) is 18.8. The maximum absolute atomic E-state index is 13.7. The minimum absolute atomic E-state index is 0.0231. The van der Waals surface area contributed by atoms with Gasteiger partial charge < -0.3 is 9.64 Å². The van der Waals surface area contributed by atoms with Gasteiger partial charge in [-0.1, -0.05) is 50.2 Å². The van der Waals surface area contributed by atoms with E-state index in [1.807, 2.05) is 60.7 Å². The molecule has 6 heteroatoms. The monoisotopic (exact) mass is 539 g/mol. The molecule has 5 nitrogen and oxygen atoms in total. The standard InChI is InChI=1S/C33H37N3O2S/c1-6-18-36-29-17-14-25(19-28(29)23(2)21-33(36,3)4)20-30-31(37)35(22-24-12-15-27(38-5)16-13-24)32(39-30)34-26-10-8-7-9-11-26/h7-17,19-20,23H,6,18,21-22H2,1-5H3/b30-20+,34-32?. The Morgan fingerprint density at radius 1 is 1.08 bits per heavy atom. The van der Waals surface area contributed by atoms with Gasteiger partial charge >= 0.3 is 0 Å². The van der Waals surface area contributed by atoms with Crippen LogP contribution in [-0.2, 0) is 11.3 Å². The van der Waals surface area contributed by atoms with E-state index in [0.29, 0.717) is 22.5 Å². The summed E-state index contributed by atoms with van der Waals surface area (Å²) < 4.78 is 5.30. The number of hydrogen-bond donors (Lipinski definition) is 0. The van der Waals surface area contributed by atoms with Crippen LogP contribution < -0.4 is 9.64 Å². The largest absolute Gasteiger partial charge is 0.497 e. The summed E-state index contributed by atoms with van der Waals surface area (Å²) >= 11 is 1.44. The number of amides is 1. The maximum atomic E-state index is 13.7. The molecule has 1 unspecified atom stereocenters. The highest BCUT2D eigenvalue weighted by atomic mass is 32.2. The Kier molecular flexibility index (Phi) is 7.85. The number of carbonyl (C=O) groups excluding carboxylic acids is 1. The van der Waals surface area contributed by atoms with Gasteiger partial charge in [-0.2, -0.15) is 0 Å². The smallest absolute Gasteiger partial charge is 0.267 e. The molecule has 202 valence electrons. The molecule has 0 aliphatic carbocycles. The first-order valence-electron chi connectivity index (χ1n) is 13.7. The maximum Gasteiger partial charge on any atom is 0.267 e. The van der Waals surface area contributed by atoms with Gasteiger partial charge in [-0.05, 0) is 104 Å². The minimum Gasteiger partial charge on any atom is -0.497 e. The van der Waals surface area contributed by atoms with E-state index in [2.05, 4.69) is 50.8 Å². The highest BCUT2D eigenvalue weighted by Gasteiger charge is 2.36. The van der Waals surface area contributed by atoms with Crippen molar-refractivity contribution in [2.75, 3.05) is 18.6 Å². The van der Waals surface area contributed by atoms with Crippen LogP contribution in [0, 0.1) is 0 Å². The molecule has 1 amide bonds. The van der Waals surface area contributed by atoms with E-state index < -0.39 is 0 Å². The Labute approximate surface area is 236 Å². The van der Waals surface area contributed by atoms with E-state index >= 15 is 0 Å². The Morgan fingerprint density at radius 3 is 2.51 bits per heavy atom. The van der Waals surface area contributed by atoms with Gasteiger partial charge in [0.05, 0.1) is 24.2 Å². The summed E-state index contributed by atoms with van der Waals surface area (Å²) in [4.78, 5) is 23.6. The highest BCUT2D eigenvalue weighted by Crippen LogP contribution is 2.44. The summed E-state index contributed by atoms with van der Waals surface area (Å²) in [5.74, 6) is 1.22. The molecular formula is C33H37N3O2S. The lowest BCUT2D eigenvalue weighted by Crippen LogP contribution is -2.48. The fraction of sp³-hybridized carbons (Fsp3) is 0.333. The molecule has 0 saturated carbocycles. The number of anilines is 1. The lowest BCUT2D eigenvalue weighted by molar-refractivity contribution is -0.122. The van der Waals surface area contributed by atoms with Crippen molar-refractivity contribution in [2.24, 2.45) is 4.99 Å². The third-order valence-corrected chi connectivity index (χ3v) is 8.53. The zero-order chi connectivity index (χ0) is 27.6. The van der Waals surface area contributed by atoms with Crippen molar-refractivity contribution in [2.45, 2.75) is 58.5 Å². The average molecular weight is 540 g/mol. The molecule has 2 aliphatic rings. The number of hydrogen-bond acceptors (Lipinski definition) is 5. The molecule has 2 heterocycles. The first-order valence-corrected chi connectivity index (χ1v) is 14.5. The Morgan fingerprint density at radius 2 is 1.82 bits per heavy atom. The average Bonchev–Trinajstić information content (AvgIpc) is 3.20. The van der Waals surface area contributed by atoms with Crippen molar-refractivity contribution in [1.29, 1.82) is 0 Å². The molecule has 0 bridgehead atoms. The van der Waals surface area contributed by atoms with E-state index in [0.717, 1.165) is 42.0 Å². The van der Waals surface area contributed by atoms with Crippen LogP contribution in [0.1, 0.15) is 63.1 Å². The second-order valence-electron chi connectivity index (χ2n) is 11.0. The van der Waals surface area contributed by atoms with Crippen molar-refractivity contribution >= 4 is 40.3 Å². The molecule has 0 radical (unpaired) electrons. The first kappa shape index (κ1) is 27.1. The van der Waals surface area contributed by atoms with Crippen LogP contribution in [0.4, 0.5) is 11.4 Å². The molecule has 3 aromatic carbocycles. The molecule has 3 aromatic rings. The van der Waals surface area contributed by atoms with Crippen LogP contribution in [0.5, 0.6) is 5.75 Å². The van der Waals surface area contributed by atoms with Gasteiger partial charge in [0.25, 0.3) is 5.91 Å². The quantitative estimate of drug-likeness (QED) is 0.285. The van der Waals surface area contributed by atoms with Crippen LogP contribution in [0.15, 0.2) is 82.7 Å². The number of nitrogens with zero attached hydrogens (tertiary/aromatic N) is 3. The second kappa shape index (κ2) is 11.3. The number of amidine groups is 1. The number of methoxy groups -OCH3 is 1. The highest BCUT2D eigenvalue weighted by molar-refractivity contribution is 8.18. The van der Waals surface area contributed by atoms with Gasteiger partial charge in [-0.25, -0.2) is 4.99 Å². The predicted octanol–water partition coefficient (Wildman–Crippen LogP) is 8.00. The molecule has 39 heavy (non-hydrogen) atoms. The van der Waals surface area contributed by atoms with Crippen LogP contribution in [0.3, 0.4) is 0 Å². The summed E-state index contributed by atoms with van der Waals surface area (Å²) in [6.45, 7) is 10.7. The number of ether oxygens (including phenoxy) is 1. The Balaban J connectivity index is 1.48. The zero-order valence-corrected chi connectivity index (χ0v) is 24.3. The van der Waals surface area contributed by atoms with E-state index in [4.69, 9.17) is 9.73 Å². The van der Waals surface area contributed by atoms with E-state index in [-0.39, 0.29) is 11.4 Å². The summed E-state index contributed by atoms with van der Waals surface area (Å²) in [5, 5.41) is 0.690. The molecular weight excluding hydrogens is 502 g/mol. The fourth-order valence-corrected chi connectivity index (χ4v) is 6.65. The number of aliphatic imine (C=N–C) groups is 1. The number of rotatable bonds is 7. The molecule has 0 spiro atoms. The van der Waals surface area contributed by atoms with E-state index in [1.165, 1.54) is 23.0 Å². The molecule has 1 atom stereocenters. The summed E-state index contributed by atoms with van der Waals surface area (Å²) in [6.07, 6.45) is 4.25. The normalized spacial score (nSPS) is 20.5. The number of fused-ring (bicyclic) bond motifs is 1. The lowest BCUT2D eigenvalue weighted by atomic mass is 9.79. The second-order valence-corrected chi connectivity index (χ2v) is 12.0. The zero-order valence-electron chi connectivity index (χ0n) is 23.5. The molecule has 5 rings (SSSR count). The third-order valence-electron chi connectivity index (χ3n) is 7.52. The van der Waals surface area contributed by atoms with Crippen molar-refractivity contribution < 1.29 is 9.53 Å². The summed E-state index contributed by atoms with van der Waals surface area (Å²) in [6, 6.07) is 24.3. The fourth-order valence-electron chi connectivity index (χ4n) is 5.65. The van der Waals surface area contributed by atoms with Gasteiger partial charge in [-0.15, -0.1) is 0 Å². The molecule has 1 fully saturated rings. The molecule has 0 aromatic heterocycles. The SMILES string of the molecule is CCCN1c2ccc(/C=C3/SC(=Nc4ccccc4)N(Cc4ccc(OC)cc4)C3=O)cc2C(C)CC1(C)C. The number of benzene rings is 3. The Bertz CT molecular complexity index is 1400. The van der Waals surface area contributed by atoms with Gasteiger partial charge in [-0.3, -0.25) is 9.69 Å². The summed E-state index contributed by atoms with van der Waals surface area (Å²) in [7, 11) is 1.65. The van der Waals surface area contributed by atoms with Crippen LogP contribution >= 0.6 is 11.8 Å². The van der Waals surface area contributed by atoms with Crippen molar-refractivity contribution in [3.05, 3.63) is 94.4 Å². The topological polar surface area (TPSA) is 45.1 Å². The molecule has 2 aliphatic heterocycles. The minimum atomic E-state index is -0.0231. The Hall–Kier alpha value is -3.51. The van der Waals surface area contributed by atoms with Gasteiger partial charge in [0.1, 0.15) is 5.75 Å².